The average molecular weight is 441 g/mol. The number of aryl methyl sites for hydroxylation is 1. The Kier molecular flexibility index (Phi) is 6.63. The van der Waals surface area contributed by atoms with Crippen LogP contribution in [0.4, 0.5) is 13.2 Å². The molecule has 0 aliphatic heterocycles. The number of carboxylic acid groups (broad SMARTS) is 1. The monoisotopic (exact) mass is 441 g/mol. The molecule has 0 saturated heterocycles. The number of alkyl halides is 3. The Morgan fingerprint density at radius 1 is 0.938 bits per heavy atom. The fourth-order valence-electron chi connectivity index (χ4n) is 2.75. The van der Waals surface area contributed by atoms with E-state index in [0.717, 1.165) is 29.8 Å². The summed E-state index contributed by atoms with van der Waals surface area (Å²) in [6.45, 7) is 1.91. The Morgan fingerprint density at radius 2 is 1.56 bits per heavy atom. The number of carboxylic acids is 1. The molecule has 32 heavy (non-hydrogen) atoms. The quantitative estimate of drug-likeness (QED) is 0.484. The molecule has 3 aromatic rings. The van der Waals surface area contributed by atoms with Crippen molar-refractivity contribution in [2.45, 2.75) is 13.1 Å². The molecule has 0 aromatic heterocycles. The number of rotatable bonds is 6. The van der Waals surface area contributed by atoms with E-state index in [-0.39, 0.29) is 5.56 Å². The molecular formula is C24H18F3NO4. The van der Waals surface area contributed by atoms with Gasteiger partial charge in [0.15, 0.2) is 0 Å². The van der Waals surface area contributed by atoms with E-state index < -0.39 is 29.3 Å². The lowest BCUT2D eigenvalue weighted by Crippen LogP contribution is -2.27. The number of ether oxygens (including phenoxy) is 1. The van der Waals surface area contributed by atoms with Crippen LogP contribution in [0.2, 0.25) is 0 Å². The van der Waals surface area contributed by atoms with Gasteiger partial charge < -0.3 is 15.2 Å². The van der Waals surface area contributed by atoms with Crippen LogP contribution in [-0.2, 0) is 11.0 Å². The Hall–Kier alpha value is -4.07. The van der Waals surface area contributed by atoms with Crippen LogP contribution in [0.15, 0.2) is 78.5 Å². The van der Waals surface area contributed by atoms with Gasteiger partial charge in [-0.1, -0.05) is 30.3 Å². The van der Waals surface area contributed by atoms with Crippen LogP contribution >= 0.6 is 0 Å². The van der Waals surface area contributed by atoms with Crippen LogP contribution < -0.4 is 10.1 Å². The molecule has 0 heterocycles. The van der Waals surface area contributed by atoms with Crippen molar-refractivity contribution in [3.8, 4) is 11.5 Å². The zero-order valence-corrected chi connectivity index (χ0v) is 16.8. The predicted molar refractivity (Wildman–Crippen MR) is 112 cm³/mol. The smallest absolute Gasteiger partial charge is 0.416 e. The molecule has 5 nitrogen and oxygen atoms in total. The summed E-state index contributed by atoms with van der Waals surface area (Å²) >= 11 is 0. The summed E-state index contributed by atoms with van der Waals surface area (Å²) in [4.78, 5) is 23.8. The second-order valence-electron chi connectivity index (χ2n) is 6.83. The van der Waals surface area contributed by atoms with E-state index in [2.05, 4.69) is 5.32 Å². The fourth-order valence-corrected chi connectivity index (χ4v) is 2.75. The lowest BCUT2D eigenvalue weighted by atomic mass is 10.1. The van der Waals surface area contributed by atoms with E-state index in [1.807, 2.05) is 31.2 Å². The number of para-hydroxylation sites is 1. The summed E-state index contributed by atoms with van der Waals surface area (Å²) in [7, 11) is 0. The van der Waals surface area contributed by atoms with Crippen molar-refractivity contribution in [3.63, 3.8) is 0 Å². The summed E-state index contributed by atoms with van der Waals surface area (Å²) < 4.78 is 43.7. The topological polar surface area (TPSA) is 75.6 Å². The summed E-state index contributed by atoms with van der Waals surface area (Å²) in [5.74, 6) is -1.01. The first-order valence-electron chi connectivity index (χ1n) is 9.40. The predicted octanol–water partition coefficient (Wildman–Crippen LogP) is 5.66. The van der Waals surface area contributed by atoms with Crippen molar-refractivity contribution >= 4 is 18.0 Å². The summed E-state index contributed by atoms with van der Waals surface area (Å²) in [6.07, 6.45) is -3.29. The average Bonchev–Trinajstić information content (AvgIpc) is 2.75. The van der Waals surface area contributed by atoms with E-state index >= 15 is 0 Å². The minimum atomic E-state index is -4.53. The molecule has 164 valence electrons. The number of halogens is 3. The number of aliphatic carboxylic acids is 1. The van der Waals surface area contributed by atoms with Gasteiger partial charge in [0.25, 0.3) is 5.91 Å². The molecule has 3 aromatic carbocycles. The first-order chi connectivity index (χ1) is 15.1. The second kappa shape index (κ2) is 9.38. The molecule has 0 spiro atoms. The van der Waals surface area contributed by atoms with Crippen LogP contribution in [0.1, 0.15) is 27.0 Å². The van der Waals surface area contributed by atoms with Gasteiger partial charge in [0.2, 0.25) is 0 Å². The fraction of sp³-hybridized carbons (Fsp3) is 0.0833. The number of hydrogen-bond acceptors (Lipinski definition) is 3. The highest BCUT2D eigenvalue weighted by Gasteiger charge is 2.30. The number of hydrogen-bond donors (Lipinski definition) is 2. The van der Waals surface area contributed by atoms with E-state index in [4.69, 9.17) is 4.74 Å². The molecular weight excluding hydrogens is 423 g/mol. The first kappa shape index (κ1) is 22.6. The molecule has 0 unspecified atom stereocenters. The molecule has 0 fully saturated rings. The van der Waals surface area contributed by atoms with Crippen molar-refractivity contribution in [2.24, 2.45) is 0 Å². The number of amides is 1. The number of benzene rings is 3. The zero-order chi connectivity index (χ0) is 23.3. The highest BCUT2D eigenvalue weighted by Crippen LogP contribution is 2.29. The van der Waals surface area contributed by atoms with E-state index in [1.54, 1.807) is 24.3 Å². The Bertz CT molecular complexity index is 1150. The summed E-state index contributed by atoms with van der Waals surface area (Å²) in [5, 5.41) is 11.6. The van der Waals surface area contributed by atoms with Gasteiger partial charge in [0.05, 0.1) is 5.56 Å². The minimum absolute atomic E-state index is 0.105. The van der Waals surface area contributed by atoms with Gasteiger partial charge in [-0.25, -0.2) is 4.79 Å². The summed E-state index contributed by atoms with van der Waals surface area (Å²) in [5.41, 5.74) is -0.00600. The van der Waals surface area contributed by atoms with Crippen molar-refractivity contribution in [2.75, 3.05) is 0 Å². The first-order valence-corrected chi connectivity index (χ1v) is 9.40. The third-order valence-electron chi connectivity index (χ3n) is 4.47. The van der Waals surface area contributed by atoms with Gasteiger partial charge in [-0.05, 0) is 66.6 Å². The second-order valence-corrected chi connectivity index (χ2v) is 6.83. The standard InChI is InChI=1S/C24H18F3NO4/c1-15-4-2-3-5-21(15)32-19-12-6-16(7-13-19)14-20(23(30)31)28-22(29)17-8-10-18(11-9-17)24(25,26)27/h2-14H,1H3,(H,28,29)(H,30,31)/b20-14-. The SMILES string of the molecule is Cc1ccccc1Oc1ccc(/C=C(\NC(=O)c2ccc(C(F)(F)F)cc2)C(=O)O)cc1. The maximum atomic E-state index is 12.7. The van der Waals surface area contributed by atoms with Crippen molar-refractivity contribution in [1.29, 1.82) is 0 Å². The largest absolute Gasteiger partial charge is 0.477 e. The minimum Gasteiger partial charge on any atom is -0.477 e. The van der Waals surface area contributed by atoms with Crippen LogP contribution in [0.25, 0.3) is 6.08 Å². The lowest BCUT2D eigenvalue weighted by molar-refractivity contribution is -0.137. The van der Waals surface area contributed by atoms with Gasteiger partial charge in [0.1, 0.15) is 17.2 Å². The maximum Gasteiger partial charge on any atom is 0.416 e. The van der Waals surface area contributed by atoms with Crippen LogP contribution in [0, 0.1) is 6.92 Å². The van der Waals surface area contributed by atoms with Gasteiger partial charge >= 0.3 is 12.1 Å². The van der Waals surface area contributed by atoms with Crippen LogP contribution in [0.3, 0.4) is 0 Å². The molecule has 1 amide bonds. The molecule has 0 bridgehead atoms. The third kappa shape index (κ3) is 5.75. The van der Waals surface area contributed by atoms with Crippen molar-refractivity contribution in [1.82, 2.24) is 5.32 Å². The lowest BCUT2D eigenvalue weighted by Gasteiger charge is -2.10. The Balaban J connectivity index is 1.73. The molecule has 0 aliphatic carbocycles. The Labute approximate surface area is 181 Å². The number of carbonyl (C=O) groups excluding carboxylic acids is 1. The number of nitrogens with one attached hydrogen (secondary N) is 1. The highest BCUT2D eigenvalue weighted by atomic mass is 19.4. The van der Waals surface area contributed by atoms with Gasteiger partial charge in [-0.15, -0.1) is 0 Å². The molecule has 0 atom stereocenters. The van der Waals surface area contributed by atoms with E-state index in [1.165, 1.54) is 6.08 Å². The zero-order valence-electron chi connectivity index (χ0n) is 16.8. The van der Waals surface area contributed by atoms with E-state index in [0.29, 0.717) is 17.1 Å². The van der Waals surface area contributed by atoms with Gasteiger partial charge in [0, 0.05) is 5.56 Å². The van der Waals surface area contributed by atoms with Crippen LogP contribution in [-0.4, -0.2) is 17.0 Å². The molecule has 0 radical (unpaired) electrons. The van der Waals surface area contributed by atoms with Crippen molar-refractivity contribution in [3.05, 3.63) is 101 Å². The molecule has 0 aliphatic rings. The highest BCUT2D eigenvalue weighted by molar-refractivity contribution is 6.02. The third-order valence-corrected chi connectivity index (χ3v) is 4.47. The van der Waals surface area contributed by atoms with E-state index in [9.17, 15) is 27.9 Å². The normalized spacial score (nSPS) is 11.7. The van der Waals surface area contributed by atoms with Gasteiger partial charge in [-0.3, -0.25) is 4.79 Å². The molecule has 0 saturated carbocycles. The Morgan fingerprint density at radius 3 is 2.12 bits per heavy atom. The van der Waals surface area contributed by atoms with Gasteiger partial charge in [-0.2, -0.15) is 13.2 Å². The summed E-state index contributed by atoms with van der Waals surface area (Å²) in [6, 6.07) is 17.5. The van der Waals surface area contributed by atoms with Crippen molar-refractivity contribution < 1.29 is 32.6 Å². The molecule has 2 N–H and O–H groups in total. The molecule has 8 heteroatoms. The van der Waals surface area contributed by atoms with Crippen LogP contribution in [0.5, 0.6) is 11.5 Å². The molecule has 3 rings (SSSR count). The maximum absolute atomic E-state index is 12.7. The number of carbonyl (C=O) groups is 2.